The number of carbonyl (C=O) groups is 1. The van der Waals surface area contributed by atoms with Gasteiger partial charge in [-0.25, -0.2) is 23.4 Å². The van der Waals surface area contributed by atoms with Crippen LogP contribution >= 0.6 is 0 Å². The molecule has 0 radical (unpaired) electrons. The van der Waals surface area contributed by atoms with Crippen LogP contribution in [0.3, 0.4) is 0 Å². The summed E-state index contributed by atoms with van der Waals surface area (Å²) in [6.45, 7) is -0.407. The Morgan fingerprint density at radius 1 is 1.07 bits per heavy atom. The van der Waals surface area contributed by atoms with E-state index in [2.05, 4.69) is 20.4 Å². The van der Waals surface area contributed by atoms with Crippen molar-refractivity contribution >= 4 is 11.7 Å². The molecule has 1 aliphatic carbocycles. The van der Waals surface area contributed by atoms with Gasteiger partial charge in [-0.1, -0.05) is 6.42 Å². The number of anilines is 1. The number of aromatic nitrogens is 4. The second kappa shape index (κ2) is 8.05. The van der Waals surface area contributed by atoms with Gasteiger partial charge in [0.2, 0.25) is 11.9 Å². The number of nitrogens with one attached hydrogen (secondary N) is 1. The third-order valence-electron chi connectivity index (χ3n) is 4.87. The van der Waals surface area contributed by atoms with Gasteiger partial charge in [-0.2, -0.15) is 9.49 Å². The Hall–Kier alpha value is -3.56. The molecule has 10 heteroatoms. The van der Waals surface area contributed by atoms with Crippen molar-refractivity contribution < 1.29 is 18.0 Å². The highest BCUT2D eigenvalue weighted by Crippen LogP contribution is 2.39. The molecule has 1 saturated carbocycles. The summed E-state index contributed by atoms with van der Waals surface area (Å²) >= 11 is 0. The smallest absolute Gasteiger partial charge is 0.267 e. The van der Waals surface area contributed by atoms with Crippen LogP contribution in [0.25, 0.3) is 11.1 Å². The van der Waals surface area contributed by atoms with E-state index in [-0.39, 0.29) is 17.3 Å². The highest BCUT2D eigenvalue weighted by atomic mass is 19.1. The summed E-state index contributed by atoms with van der Waals surface area (Å²) < 4.78 is 41.2. The van der Waals surface area contributed by atoms with Crippen LogP contribution in [0, 0.1) is 17.6 Å². The largest absolute Gasteiger partial charge is 0.308 e. The molecule has 0 atom stereocenters. The second-order valence-corrected chi connectivity index (χ2v) is 7.00. The van der Waals surface area contributed by atoms with E-state index in [4.69, 9.17) is 0 Å². The lowest BCUT2D eigenvalue weighted by molar-refractivity contribution is -0.117. The maximum atomic E-state index is 13.7. The molecule has 0 spiro atoms. The third-order valence-corrected chi connectivity index (χ3v) is 4.87. The fraction of sp³-hybridized carbons (Fsp3) is 0.250. The minimum Gasteiger partial charge on any atom is -0.308 e. The highest BCUT2D eigenvalue weighted by molar-refractivity contribution is 5.89. The van der Waals surface area contributed by atoms with Crippen LogP contribution in [0.15, 0.2) is 41.5 Å². The molecule has 1 aromatic carbocycles. The van der Waals surface area contributed by atoms with Gasteiger partial charge in [-0.15, -0.1) is 0 Å². The van der Waals surface area contributed by atoms with Crippen LogP contribution in [0.1, 0.15) is 30.9 Å². The molecular formula is C20H16F3N5O2. The van der Waals surface area contributed by atoms with Gasteiger partial charge in [0.15, 0.2) is 5.82 Å². The second-order valence-electron chi connectivity index (χ2n) is 7.00. The number of amides is 1. The van der Waals surface area contributed by atoms with Crippen LogP contribution in [0.4, 0.5) is 19.0 Å². The Bertz CT molecular complexity index is 1140. The average molecular weight is 415 g/mol. The maximum absolute atomic E-state index is 13.7. The van der Waals surface area contributed by atoms with Crippen molar-refractivity contribution in [1.29, 1.82) is 0 Å². The first-order chi connectivity index (χ1) is 14.4. The summed E-state index contributed by atoms with van der Waals surface area (Å²) in [5.74, 6) is -2.85. The van der Waals surface area contributed by atoms with E-state index in [1.807, 2.05) is 0 Å². The Balaban J connectivity index is 1.65. The van der Waals surface area contributed by atoms with Gasteiger partial charge in [0, 0.05) is 23.6 Å². The number of benzene rings is 1. The van der Waals surface area contributed by atoms with E-state index in [9.17, 15) is 22.8 Å². The molecule has 2 aromatic heterocycles. The van der Waals surface area contributed by atoms with Crippen molar-refractivity contribution in [1.82, 2.24) is 19.7 Å². The average Bonchev–Trinajstić information content (AvgIpc) is 2.64. The van der Waals surface area contributed by atoms with Gasteiger partial charge >= 0.3 is 0 Å². The van der Waals surface area contributed by atoms with Gasteiger partial charge in [-0.3, -0.25) is 9.59 Å². The molecule has 4 rings (SSSR count). The zero-order chi connectivity index (χ0) is 21.3. The first-order valence-electron chi connectivity index (χ1n) is 9.25. The monoisotopic (exact) mass is 415 g/mol. The molecule has 0 unspecified atom stereocenters. The van der Waals surface area contributed by atoms with Crippen molar-refractivity contribution in [2.45, 2.75) is 31.7 Å². The fourth-order valence-corrected chi connectivity index (χ4v) is 3.24. The summed E-state index contributed by atoms with van der Waals surface area (Å²) in [5.41, 5.74) is 0.486. The van der Waals surface area contributed by atoms with Gasteiger partial charge in [-0.05, 0) is 30.5 Å². The minimum absolute atomic E-state index is 0.0283. The zero-order valence-electron chi connectivity index (χ0n) is 15.6. The number of hydrogen-bond donors (Lipinski definition) is 1. The molecule has 154 valence electrons. The molecule has 30 heavy (non-hydrogen) atoms. The van der Waals surface area contributed by atoms with Crippen LogP contribution in [0.5, 0.6) is 0 Å². The van der Waals surface area contributed by atoms with E-state index in [0.29, 0.717) is 11.3 Å². The Morgan fingerprint density at radius 3 is 2.40 bits per heavy atom. The quantitative estimate of drug-likeness (QED) is 0.692. The number of rotatable bonds is 5. The Kier molecular flexibility index (Phi) is 5.30. The molecular weight excluding hydrogens is 399 g/mol. The lowest BCUT2D eigenvalue weighted by Crippen LogP contribution is -2.31. The summed E-state index contributed by atoms with van der Waals surface area (Å²) in [7, 11) is 0. The van der Waals surface area contributed by atoms with E-state index >= 15 is 0 Å². The molecule has 0 bridgehead atoms. The Morgan fingerprint density at radius 2 is 1.80 bits per heavy atom. The third kappa shape index (κ3) is 4.22. The number of hydrogen-bond acceptors (Lipinski definition) is 5. The van der Waals surface area contributed by atoms with Crippen LogP contribution in [-0.4, -0.2) is 25.7 Å². The van der Waals surface area contributed by atoms with Crippen molar-refractivity contribution in [3.63, 3.8) is 0 Å². The predicted molar refractivity (Wildman–Crippen MR) is 101 cm³/mol. The topological polar surface area (TPSA) is 89.8 Å². The highest BCUT2D eigenvalue weighted by Gasteiger charge is 2.26. The molecule has 3 aromatic rings. The number of halogens is 3. The number of carbonyl (C=O) groups excluding carboxylic acids is 1. The van der Waals surface area contributed by atoms with Crippen LogP contribution < -0.4 is 10.9 Å². The molecule has 0 saturated heterocycles. The predicted octanol–water partition coefficient (Wildman–Crippen LogP) is 3.02. The fourth-order valence-electron chi connectivity index (χ4n) is 3.24. The van der Waals surface area contributed by atoms with E-state index in [1.165, 1.54) is 6.07 Å². The summed E-state index contributed by atoms with van der Waals surface area (Å²) in [6, 6.07) is 4.28. The van der Waals surface area contributed by atoms with Crippen molar-refractivity contribution in [3.8, 4) is 11.1 Å². The molecule has 0 aliphatic heterocycles. The molecule has 1 aliphatic rings. The maximum Gasteiger partial charge on any atom is 0.267 e. The van der Waals surface area contributed by atoms with Crippen molar-refractivity contribution in [2.75, 3.05) is 5.32 Å². The van der Waals surface area contributed by atoms with E-state index < -0.39 is 35.6 Å². The lowest BCUT2D eigenvalue weighted by atomic mass is 9.80. The van der Waals surface area contributed by atoms with Crippen LogP contribution in [-0.2, 0) is 11.3 Å². The van der Waals surface area contributed by atoms with E-state index in [1.54, 1.807) is 0 Å². The summed E-state index contributed by atoms with van der Waals surface area (Å²) in [5, 5.41) is 6.73. The molecule has 2 heterocycles. The van der Waals surface area contributed by atoms with Gasteiger partial charge < -0.3 is 5.32 Å². The van der Waals surface area contributed by atoms with Crippen molar-refractivity contribution in [3.05, 3.63) is 70.3 Å². The van der Waals surface area contributed by atoms with Gasteiger partial charge in [0.1, 0.15) is 18.2 Å². The molecule has 1 fully saturated rings. The lowest BCUT2D eigenvalue weighted by Gasteiger charge is -2.27. The standard InChI is InChI=1S/C20H16F3N5O2/c21-13-4-12(5-14(22)6-13)15-7-19(30)28(27-20(15)11-2-1-3-11)10-18(29)26-17-9-24-16(23)8-25-17/h4-9,11H,1-3,10H2,(H,25,26,29). The van der Waals surface area contributed by atoms with Gasteiger partial charge in [0.05, 0.1) is 18.1 Å². The first kappa shape index (κ1) is 19.7. The van der Waals surface area contributed by atoms with E-state index in [0.717, 1.165) is 54.5 Å². The molecule has 1 N–H and O–H groups in total. The summed E-state index contributed by atoms with van der Waals surface area (Å²) in [4.78, 5) is 31.9. The van der Waals surface area contributed by atoms with Crippen LogP contribution in [0.2, 0.25) is 0 Å². The minimum atomic E-state index is -0.791. The molecule has 7 nitrogen and oxygen atoms in total. The zero-order valence-corrected chi connectivity index (χ0v) is 15.6. The Labute approximate surface area is 168 Å². The number of nitrogens with zero attached hydrogens (tertiary/aromatic N) is 4. The van der Waals surface area contributed by atoms with Crippen molar-refractivity contribution in [2.24, 2.45) is 0 Å². The first-order valence-corrected chi connectivity index (χ1v) is 9.25. The SMILES string of the molecule is O=C(Cn1nc(C2CCC2)c(-c2cc(F)cc(F)c2)cc1=O)Nc1cnc(F)cn1. The summed E-state index contributed by atoms with van der Waals surface area (Å²) in [6.07, 6.45) is 4.53. The molecule has 1 amide bonds. The normalized spacial score (nSPS) is 13.7. The van der Waals surface area contributed by atoms with Gasteiger partial charge in [0.25, 0.3) is 5.56 Å².